The van der Waals surface area contributed by atoms with Crippen LogP contribution in [0.15, 0.2) is 11.6 Å². The number of morpholine rings is 1. The van der Waals surface area contributed by atoms with E-state index in [2.05, 4.69) is 15.6 Å². The first-order valence-electron chi connectivity index (χ1n) is 6.29. The van der Waals surface area contributed by atoms with Crippen LogP contribution in [0.3, 0.4) is 0 Å². The molecule has 1 amide bonds. The number of ether oxygens (including phenoxy) is 1. The molecule has 1 aromatic rings. The Hall–Kier alpha value is -0.980. The van der Waals surface area contributed by atoms with Crippen LogP contribution in [0.5, 0.6) is 0 Å². The van der Waals surface area contributed by atoms with Crippen molar-refractivity contribution in [3.63, 3.8) is 0 Å². The maximum absolute atomic E-state index is 11.9. The van der Waals surface area contributed by atoms with Crippen LogP contribution in [-0.2, 0) is 9.53 Å². The van der Waals surface area contributed by atoms with Gasteiger partial charge in [0.2, 0.25) is 5.91 Å². The van der Waals surface area contributed by atoms with Crippen LogP contribution < -0.4 is 10.6 Å². The normalized spacial score (nSPS) is 21.5. The van der Waals surface area contributed by atoms with E-state index >= 15 is 0 Å². The Labute approximate surface area is 111 Å². The molecule has 5 nitrogen and oxygen atoms in total. The molecule has 0 radical (unpaired) electrons. The smallest absolute Gasteiger partial charge is 0.222 e. The number of carbonyl (C=O) groups excluding carboxylic acids is 1. The van der Waals surface area contributed by atoms with Gasteiger partial charge in [-0.05, 0) is 6.42 Å². The monoisotopic (exact) mass is 269 g/mol. The molecule has 2 N–H and O–H groups in total. The highest BCUT2D eigenvalue weighted by atomic mass is 32.1. The second-order valence-corrected chi connectivity index (χ2v) is 5.25. The van der Waals surface area contributed by atoms with Crippen molar-refractivity contribution in [1.82, 2.24) is 15.6 Å². The quantitative estimate of drug-likeness (QED) is 0.840. The zero-order valence-electron chi connectivity index (χ0n) is 10.5. The van der Waals surface area contributed by atoms with Gasteiger partial charge in [0.05, 0.1) is 19.3 Å². The van der Waals surface area contributed by atoms with Crippen molar-refractivity contribution in [3.05, 3.63) is 16.6 Å². The van der Waals surface area contributed by atoms with Gasteiger partial charge in [0.15, 0.2) is 0 Å². The lowest BCUT2D eigenvalue weighted by Crippen LogP contribution is -2.44. The summed E-state index contributed by atoms with van der Waals surface area (Å²) in [6.45, 7) is 4.21. The van der Waals surface area contributed by atoms with Gasteiger partial charge in [-0.15, -0.1) is 11.3 Å². The number of amides is 1. The summed E-state index contributed by atoms with van der Waals surface area (Å²) in [4.78, 5) is 16.2. The van der Waals surface area contributed by atoms with Gasteiger partial charge >= 0.3 is 0 Å². The molecule has 1 fully saturated rings. The molecular weight excluding hydrogens is 250 g/mol. The Morgan fingerprint density at radius 3 is 3.28 bits per heavy atom. The minimum absolute atomic E-state index is 0.0296. The van der Waals surface area contributed by atoms with Gasteiger partial charge in [0, 0.05) is 30.6 Å². The fourth-order valence-electron chi connectivity index (χ4n) is 1.97. The molecule has 0 spiro atoms. The minimum atomic E-state index is 0.0296. The number of rotatable bonds is 5. The Kier molecular flexibility index (Phi) is 5.10. The summed E-state index contributed by atoms with van der Waals surface area (Å²) < 4.78 is 5.33. The first-order valence-corrected chi connectivity index (χ1v) is 7.17. The van der Waals surface area contributed by atoms with Crippen molar-refractivity contribution < 1.29 is 9.53 Å². The topological polar surface area (TPSA) is 63.2 Å². The molecule has 0 bridgehead atoms. The molecule has 0 aliphatic carbocycles. The standard InChI is InChI=1S/C12H19N3O2S/c1-2-10(12-14-4-6-18-12)15-11(16)7-9-8-17-5-3-13-9/h4,6,9-10,13H,2-3,5,7-8H2,1H3,(H,15,16). The Balaban J connectivity index is 1.82. The molecule has 2 heterocycles. The van der Waals surface area contributed by atoms with E-state index in [1.54, 1.807) is 17.5 Å². The Morgan fingerprint density at radius 2 is 2.67 bits per heavy atom. The van der Waals surface area contributed by atoms with E-state index in [9.17, 15) is 4.79 Å². The van der Waals surface area contributed by atoms with Crippen molar-refractivity contribution in [2.24, 2.45) is 0 Å². The van der Waals surface area contributed by atoms with Crippen molar-refractivity contribution in [1.29, 1.82) is 0 Å². The average molecular weight is 269 g/mol. The number of carbonyl (C=O) groups is 1. The van der Waals surface area contributed by atoms with Gasteiger partial charge in [0.25, 0.3) is 0 Å². The van der Waals surface area contributed by atoms with Gasteiger partial charge < -0.3 is 15.4 Å². The summed E-state index contributed by atoms with van der Waals surface area (Å²) in [5.41, 5.74) is 0. The maximum atomic E-state index is 11.9. The zero-order chi connectivity index (χ0) is 12.8. The molecular formula is C12H19N3O2S. The first-order chi connectivity index (χ1) is 8.79. The SMILES string of the molecule is CCC(NC(=O)CC1COCCN1)c1nccs1. The highest BCUT2D eigenvalue weighted by Crippen LogP contribution is 2.18. The predicted molar refractivity (Wildman–Crippen MR) is 70.5 cm³/mol. The summed E-state index contributed by atoms with van der Waals surface area (Å²) in [6.07, 6.45) is 3.08. The zero-order valence-corrected chi connectivity index (χ0v) is 11.3. The largest absolute Gasteiger partial charge is 0.378 e. The van der Waals surface area contributed by atoms with Crippen LogP contribution in [-0.4, -0.2) is 36.7 Å². The summed E-state index contributed by atoms with van der Waals surface area (Å²) in [5.74, 6) is 0.0556. The number of thiazole rings is 1. The molecule has 0 aromatic carbocycles. The van der Waals surface area contributed by atoms with Gasteiger partial charge in [-0.2, -0.15) is 0 Å². The van der Waals surface area contributed by atoms with Crippen molar-refractivity contribution >= 4 is 17.2 Å². The fraction of sp³-hybridized carbons (Fsp3) is 0.667. The summed E-state index contributed by atoms with van der Waals surface area (Å²) in [7, 11) is 0. The first kappa shape index (κ1) is 13.5. The van der Waals surface area contributed by atoms with Crippen molar-refractivity contribution in [3.8, 4) is 0 Å². The molecule has 2 rings (SSSR count). The second-order valence-electron chi connectivity index (χ2n) is 4.33. The van der Waals surface area contributed by atoms with Crippen LogP contribution in [0, 0.1) is 0 Å². The number of aromatic nitrogens is 1. The highest BCUT2D eigenvalue weighted by molar-refractivity contribution is 7.09. The molecule has 1 aliphatic rings. The lowest BCUT2D eigenvalue weighted by atomic mass is 10.1. The van der Waals surface area contributed by atoms with E-state index in [1.807, 2.05) is 12.3 Å². The fourth-order valence-corrected chi connectivity index (χ4v) is 2.75. The van der Waals surface area contributed by atoms with Crippen molar-refractivity contribution in [2.75, 3.05) is 19.8 Å². The summed E-state index contributed by atoms with van der Waals surface area (Å²) in [5, 5.41) is 9.21. The van der Waals surface area contributed by atoms with E-state index < -0.39 is 0 Å². The molecule has 2 atom stereocenters. The Bertz CT molecular complexity index is 363. The van der Waals surface area contributed by atoms with Crippen LogP contribution in [0.1, 0.15) is 30.8 Å². The van der Waals surface area contributed by atoms with Crippen molar-refractivity contribution in [2.45, 2.75) is 31.8 Å². The maximum Gasteiger partial charge on any atom is 0.222 e. The average Bonchev–Trinajstić information content (AvgIpc) is 2.91. The Morgan fingerprint density at radius 1 is 1.78 bits per heavy atom. The van der Waals surface area contributed by atoms with E-state index in [0.29, 0.717) is 13.0 Å². The van der Waals surface area contributed by atoms with E-state index in [4.69, 9.17) is 4.74 Å². The molecule has 2 unspecified atom stereocenters. The van der Waals surface area contributed by atoms with Gasteiger partial charge in [-0.3, -0.25) is 4.79 Å². The third kappa shape index (κ3) is 3.76. The molecule has 1 aromatic heterocycles. The van der Waals surface area contributed by atoms with E-state index in [0.717, 1.165) is 24.6 Å². The number of nitrogens with zero attached hydrogens (tertiary/aromatic N) is 1. The van der Waals surface area contributed by atoms with E-state index in [1.165, 1.54) is 0 Å². The third-order valence-electron chi connectivity index (χ3n) is 2.92. The van der Waals surface area contributed by atoms with E-state index in [-0.39, 0.29) is 18.0 Å². The number of nitrogens with one attached hydrogen (secondary N) is 2. The molecule has 6 heteroatoms. The lowest BCUT2D eigenvalue weighted by molar-refractivity contribution is -0.123. The third-order valence-corrected chi connectivity index (χ3v) is 3.81. The molecule has 0 saturated carbocycles. The minimum Gasteiger partial charge on any atom is -0.378 e. The van der Waals surface area contributed by atoms with Crippen LogP contribution in [0.4, 0.5) is 0 Å². The summed E-state index contributed by atoms with van der Waals surface area (Å²) >= 11 is 1.58. The van der Waals surface area contributed by atoms with Gasteiger partial charge in [-0.25, -0.2) is 4.98 Å². The van der Waals surface area contributed by atoms with Gasteiger partial charge in [0.1, 0.15) is 5.01 Å². The highest BCUT2D eigenvalue weighted by Gasteiger charge is 2.20. The lowest BCUT2D eigenvalue weighted by Gasteiger charge is -2.24. The second kappa shape index (κ2) is 6.82. The summed E-state index contributed by atoms with van der Waals surface area (Å²) in [6, 6.07) is 0.162. The number of hydrogen-bond donors (Lipinski definition) is 2. The van der Waals surface area contributed by atoms with Crippen LogP contribution >= 0.6 is 11.3 Å². The van der Waals surface area contributed by atoms with Gasteiger partial charge in [-0.1, -0.05) is 6.92 Å². The molecule has 1 saturated heterocycles. The van der Waals surface area contributed by atoms with Crippen LogP contribution in [0.25, 0.3) is 0 Å². The molecule has 100 valence electrons. The molecule has 18 heavy (non-hydrogen) atoms. The molecule has 1 aliphatic heterocycles. The predicted octanol–water partition coefficient (Wildman–Crippen LogP) is 1.09. The number of hydrogen-bond acceptors (Lipinski definition) is 5. The van der Waals surface area contributed by atoms with Crippen LogP contribution in [0.2, 0.25) is 0 Å².